The largest absolute Gasteiger partial charge is 0.494 e. The van der Waals surface area contributed by atoms with Crippen LogP contribution in [0.2, 0.25) is 0 Å². The van der Waals surface area contributed by atoms with Crippen molar-refractivity contribution in [3.8, 4) is 5.75 Å². The van der Waals surface area contributed by atoms with Crippen molar-refractivity contribution in [2.45, 2.75) is 38.3 Å². The number of carbonyl (C=O) groups is 1. The van der Waals surface area contributed by atoms with E-state index in [0.717, 1.165) is 0 Å². The van der Waals surface area contributed by atoms with Crippen molar-refractivity contribution in [2.75, 3.05) is 6.61 Å². The van der Waals surface area contributed by atoms with Crippen molar-refractivity contribution in [3.63, 3.8) is 0 Å². The van der Waals surface area contributed by atoms with Crippen LogP contribution in [0.4, 0.5) is 4.39 Å². The molecule has 0 heterocycles. The van der Waals surface area contributed by atoms with Gasteiger partial charge in [0.2, 0.25) is 15.9 Å². The molecular formula is C19H23FN2O4S. The van der Waals surface area contributed by atoms with Gasteiger partial charge >= 0.3 is 0 Å². The highest BCUT2D eigenvalue weighted by Crippen LogP contribution is 2.21. The van der Waals surface area contributed by atoms with Crippen molar-refractivity contribution in [3.05, 3.63) is 59.4 Å². The smallest absolute Gasteiger partial charge is 0.241 e. The summed E-state index contributed by atoms with van der Waals surface area (Å²) in [5.41, 5.74) is 1.40. The van der Waals surface area contributed by atoms with E-state index in [2.05, 4.69) is 10.0 Å². The molecule has 0 saturated heterocycles. The van der Waals surface area contributed by atoms with Gasteiger partial charge in [0, 0.05) is 6.54 Å². The van der Waals surface area contributed by atoms with Crippen LogP contribution in [0.3, 0.4) is 0 Å². The molecule has 0 unspecified atom stereocenters. The molecule has 2 aromatic carbocycles. The van der Waals surface area contributed by atoms with Gasteiger partial charge in [0.1, 0.15) is 11.6 Å². The van der Waals surface area contributed by atoms with Gasteiger partial charge in [0.25, 0.3) is 0 Å². The Morgan fingerprint density at radius 1 is 1.19 bits per heavy atom. The van der Waals surface area contributed by atoms with E-state index in [0.29, 0.717) is 23.5 Å². The highest BCUT2D eigenvalue weighted by molar-refractivity contribution is 7.89. The van der Waals surface area contributed by atoms with Crippen molar-refractivity contribution < 1.29 is 22.3 Å². The molecule has 1 atom stereocenters. The summed E-state index contributed by atoms with van der Waals surface area (Å²) in [6, 6.07) is 9.23. The van der Waals surface area contributed by atoms with Crippen molar-refractivity contribution >= 4 is 15.9 Å². The Kier molecular flexibility index (Phi) is 6.92. The topological polar surface area (TPSA) is 84.5 Å². The molecule has 0 spiro atoms. The lowest BCUT2D eigenvalue weighted by Gasteiger charge is -2.15. The zero-order valence-corrected chi connectivity index (χ0v) is 16.3. The Morgan fingerprint density at radius 3 is 2.44 bits per heavy atom. The number of hydrogen-bond donors (Lipinski definition) is 2. The van der Waals surface area contributed by atoms with Gasteiger partial charge < -0.3 is 10.1 Å². The molecule has 0 bridgehead atoms. The predicted octanol–water partition coefficient (Wildman–Crippen LogP) is 2.52. The molecule has 0 saturated carbocycles. The first kappa shape index (κ1) is 20.9. The van der Waals surface area contributed by atoms with E-state index in [1.807, 2.05) is 6.92 Å². The summed E-state index contributed by atoms with van der Waals surface area (Å²) in [4.78, 5) is 12.2. The number of ether oxygens (including phenoxy) is 1. The van der Waals surface area contributed by atoms with Gasteiger partial charge in [-0.2, -0.15) is 4.72 Å². The molecule has 2 N–H and O–H groups in total. The summed E-state index contributed by atoms with van der Waals surface area (Å²) in [5.74, 6) is -0.232. The third kappa shape index (κ3) is 5.77. The molecular weight excluding hydrogens is 371 g/mol. The first-order chi connectivity index (χ1) is 12.7. The molecule has 0 aliphatic rings. The molecule has 27 heavy (non-hydrogen) atoms. The average molecular weight is 394 g/mol. The Labute approximate surface area is 158 Å². The maximum atomic E-state index is 12.9. The third-order valence-electron chi connectivity index (χ3n) is 3.86. The van der Waals surface area contributed by atoms with Gasteiger partial charge in [-0.05, 0) is 62.2 Å². The number of hydrogen-bond acceptors (Lipinski definition) is 4. The number of nitrogens with one attached hydrogen (secondary N) is 2. The van der Waals surface area contributed by atoms with Crippen LogP contribution in [0, 0.1) is 12.7 Å². The molecule has 6 nitrogen and oxygen atoms in total. The minimum Gasteiger partial charge on any atom is -0.494 e. The van der Waals surface area contributed by atoms with Crippen LogP contribution in [0.5, 0.6) is 5.75 Å². The molecule has 2 aromatic rings. The first-order valence-corrected chi connectivity index (χ1v) is 9.99. The molecule has 0 radical (unpaired) electrons. The van der Waals surface area contributed by atoms with Gasteiger partial charge in [-0.15, -0.1) is 0 Å². The van der Waals surface area contributed by atoms with Crippen LogP contribution in [0.1, 0.15) is 25.0 Å². The molecule has 0 fully saturated rings. The Hall–Kier alpha value is -2.45. The maximum absolute atomic E-state index is 12.9. The van der Waals surface area contributed by atoms with Gasteiger partial charge in [0.15, 0.2) is 0 Å². The fourth-order valence-corrected chi connectivity index (χ4v) is 3.69. The zero-order chi connectivity index (χ0) is 20.0. The fourth-order valence-electron chi connectivity index (χ4n) is 2.41. The minimum absolute atomic E-state index is 0.0571. The quantitative estimate of drug-likeness (QED) is 0.721. The lowest BCUT2D eigenvalue weighted by Crippen LogP contribution is -2.44. The van der Waals surface area contributed by atoms with Crippen LogP contribution in [-0.2, 0) is 21.4 Å². The second kappa shape index (κ2) is 8.96. The Bertz CT molecular complexity index is 898. The van der Waals surface area contributed by atoms with E-state index >= 15 is 0 Å². The number of halogens is 1. The van der Waals surface area contributed by atoms with Crippen molar-refractivity contribution in [1.82, 2.24) is 10.0 Å². The van der Waals surface area contributed by atoms with Crippen LogP contribution in [-0.4, -0.2) is 27.0 Å². The molecule has 0 aromatic heterocycles. The van der Waals surface area contributed by atoms with Crippen LogP contribution < -0.4 is 14.8 Å². The average Bonchev–Trinajstić information content (AvgIpc) is 2.62. The number of benzene rings is 2. The van der Waals surface area contributed by atoms with E-state index in [1.165, 1.54) is 31.2 Å². The van der Waals surface area contributed by atoms with Crippen molar-refractivity contribution in [1.29, 1.82) is 0 Å². The monoisotopic (exact) mass is 394 g/mol. The van der Waals surface area contributed by atoms with Crippen molar-refractivity contribution in [2.24, 2.45) is 0 Å². The summed E-state index contributed by atoms with van der Waals surface area (Å²) in [6.07, 6.45) is 0. The van der Waals surface area contributed by atoms with E-state index in [-0.39, 0.29) is 17.3 Å². The Morgan fingerprint density at radius 2 is 1.85 bits per heavy atom. The SMILES string of the molecule is CCOc1ccc(S(=O)(=O)N[C@H](C)C(=O)NCc2ccc(F)cc2)cc1C. The molecule has 1 amide bonds. The molecule has 8 heteroatoms. The molecule has 0 aliphatic heterocycles. The van der Waals surface area contributed by atoms with Gasteiger partial charge in [-0.1, -0.05) is 12.1 Å². The lowest BCUT2D eigenvalue weighted by molar-refractivity contribution is -0.122. The van der Waals surface area contributed by atoms with Crippen LogP contribution in [0.15, 0.2) is 47.4 Å². The number of carbonyl (C=O) groups excluding carboxylic acids is 1. The number of amides is 1. The fraction of sp³-hybridized carbons (Fsp3) is 0.316. The second-order valence-corrected chi connectivity index (χ2v) is 7.76. The molecule has 2 rings (SSSR count). The van der Waals surface area contributed by atoms with Crippen LogP contribution in [0.25, 0.3) is 0 Å². The molecule has 0 aliphatic carbocycles. The maximum Gasteiger partial charge on any atom is 0.241 e. The first-order valence-electron chi connectivity index (χ1n) is 8.51. The van der Waals surface area contributed by atoms with Crippen LogP contribution >= 0.6 is 0 Å². The second-order valence-electron chi connectivity index (χ2n) is 6.05. The summed E-state index contributed by atoms with van der Waals surface area (Å²) in [5, 5.41) is 2.62. The van der Waals surface area contributed by atoms with Gasteiger partial charge in [-0.3, -0.25) is 4.79 Å². The summed E-state index contributed by atoms with van der Waals surface area (Å²) < 4.78 is 45.7. The minimum atomic E-state index is -3.86. The van der Waals surface area contributed by atoms with Gasteiger partial charge in [0.05, 0.1) is 17.5 Å². The summed E-state index contributed by atoms with van der Waals surface area (Å²) >= 11 is 0. The van der Waals surface area contributed by atoms with E-state index in [1.54, 1.807) is 25.1 Å². The number of sulfonamides is 1. The number of aryl methyl sites for hydroxylation is 1. The van der Waals surface area contributed by atoms with E-state index in [9.17, 15) is 17.6 Å². The lowest BCUT2D eigenvalue weighted by atomic mass is 10.2. The predicted molar refractivity (Wildman–Crippen MR) is 100 cm³/mol. The standard InChI is InChI=1S/C19H23FN2O4S/c1-4-26-18-10-9-17(11-13(18)2)27(24,25)22-14(3)19(23)21-12-15-5-7-16(20)8-6-15/h5-11,14,22H,4,12H2,1-3H3,(H,21,23)/t14-/m1/s1. The zero-order valence-electron chi connectivity index (χ0n) is 15.5. The highest BCUT2D eigenvalue weighted by Gasteiger charge is 2.22. The van der Waals surface area contributed by atoms with E-state index < -0.39 is 22.0 Å². The Balaban J connectivity index is 2.00. The highest BCUT2D eigenvalue weighted by atomic mass is 32.2. The summed E-state index contributed by atoms with van der Waals surface area (Å²) in [7, 11) is -3.86. The van der Waals surface area contributed by atoms with E-state index in [4.69, 9.17) is 4.74 Å². The number of rotatable bonds is 8. The van der Waals surface area contributed by atoms with Gasteiger partial charge in [-0.25, -0.2) is 12.8 Å². The normalized spacial score (nSPS) is 12.4. The molecule has 146 valence electrons. The third-order valence-corrected chi connectivity index (χ3v) is 5.40. The summed E-state index contributed by atoms with van der Waals surface area (Å²) in [6.45, 7) is 5.71.